The fourth-order valence-corrected chi connectivity index (χ4v) is 1.44. The molecule has 94 valence electrons. The summed E-state index contributed by atoms with van der Waals surface area (Å²) in [5.74, 6) is -1.26. The quantitative estimate of drug-likeness (QED) is 0.397. The summed E-state index contributed by atoms with van der Waals surface area (Å²) >= 11 is 0. The second-order valence-corrected chi connectivity index (χ2v) is 4.02. The largest absolute Gasteiger partial charge is 0.459 e. The Morgan fingerprint density at radius 3 is 2.25 bits per heavy atom. The van der Waals surface area contributed by atoms with Gasteiger partial charge >= 0.3 is 11.9 Å². The maximum Gasteiger partial charge on any atom is 0.397 e. The van der Waals surface area contributed by atoms with Crippen LogP contribution in [0.15, 0.2) is 0 Å². The van der Waals surface area contributed by atoms with E-state index in [9.17, 15) is 9.59 Å². The van der Waals surface area contributed by atoms with Gasteiger partial charge in [-0.1, -0.05) is 19.8 Å². The highest BCUT2D eigenvalue weighted by Gasteiger charge is 2.24. The number of nitrogens with zero attached hydrogens (tertiary/aromatic N) is 1. The summed E-state index contributed by atoms with van der Waals surface area (Å²) in [6, 6.07) is 0.0359. The molecule has 4 heteroatoms. The van der Waals surface area contributed by atoms with Crippen LogP contribution in [0.5, 0.6) is 0 Å². The lowest BCUT2D eigenvalue weighted by Gasteiger charge is -2.25. The van der Waals surface area contributed by atoms with Crippen molar-refractivity contribution in [1.82, 2.24) is 4.90 Å². The molecule has 0 aromatic rings. The average molecular weight is 229 g/mol. The molecule has 0 aromatic heterocycles. The van der Waals surface area contributed by atoms with Gasteiger partial charge in [-0.05, 0) is 27.2 Å². The van der Waals surface area contributed by atoms with Crippen molar-refractivity contribution in [3.63, 3.8) is 0 Å². The van der Waals surface area contributed by atoms with E-state index in [-0.39, 0.29) is 12.6 Å². The Kier molecular flexibility index (Phi) is 7.60. The number of rotatable bonds is 6. The molecule has 0 saturated carbocycles. The molecule has 0 bridgehead atoms. The van der Waals surface area contributed by atoms with E-state index in [1.54, 1.807) is 11.8 Å². The smallest absolute Gasteiger partial charge is 0.397 e. The van der Waals surface area contributed by atoms with Gasteiger partial charge in [-0.15, -0.1) is 0 Å². The van der Waals surface area contributed by atoms with Crippen LogP contribution in [0.2, 0.25) is 0 Å². The van der Waals surface area contributed by atoms with Crippen LogP contribution in [0, 0.1) is 0 Å². The third-order valence-electron chi connectivity index (χ3n) is 2.34. The summed E-state index contributed by atoms with van der Waals surface area (Å²) in [7, 11) is 0. The molecule has 0 aliphatic heterocycles. The second-order valence-electron chi connectivity index (χ2n) is 4.02. The Labute approximate surface area is 98.0 Å². The zero-order valence-electron chi connectivity index (χ0n) is 10.8. The summed E-state index contributed by atoms with van der Waals surface area (Å²) in [5, 5.41) is 0. The molecule has 0 aliphatic rings. The lowest BCUT2D eigenvalue weighted by Crippen LogP contribution is -2.42. The third kappa shape index (κ3) is 5.14. The summed E-state index contributed by atoms with van der Waals surface area (Å²) in [4.78, 5) is 24.6. The van der Waals surface area contributed by atoms with Gasteiger partial charge in [0.25, 0.3) is 0 Å². The second kappa shape index (κ2) is 8.13. The first-order valence-corrected chi connectivity index (χ1v) is 6.02. The molecule has 0 spiro atoms. The number of hydrogen-bond acceptors (Lipinski definition) is 3. The van der Waals surface area contributed by atoms with Crippen molar-refractivity contribution in [3.05, 3.63) is 0 Å². The molecule has 0 N–H and O–H groups in total. The van der Waals surface area contributed by atoms with Gasteiger partial charge in [0, 0.05) is 12.6 Å². The van der Waals surface area contributed by atoms with Gasteiger partial charge in [-0.25, -0.2) is 4.79 Å². The van der Waals surface area contributed by atoms with Crippen molar-refractivity contribution >= 4 is 11.9 Å². The summed E-state index contributed by atoms with van der Waals surface area (Å²) in [5.41, 5.74) is 0. The van der Waals surface area contributed by atoms with Crippen LogP contribution < -0.4 is 0 Å². The van der Waals surface area contributed by atoms with Crippen molar-refractivity contribution in [2.45, 2.75) is 53.0 Å². The Bertz CT molecular complexity index is 226. The van der Waals surface area contributed by atoms with Crippen molar-refractivity contribution in [3.8, 4) is 0 Å². The minimum absolute atomic E-state index is 0.0359. The maximum absolute atomic E-state index is 11.7. The lowest BCUT2D eigenvalue weighted by atomic mass is 10.2. The van der Waals surface area contributed by atoms with Crippen molar-refractivity contribution in [2.75, 3.05) is 13.2 Å². The molecule has 0 fully saturated rings. The molecule has 1 amide bonds. The number of amides is 1. The van der Waals surface area contributed by atoms with Gasteiger partial charge in [0.1, 0.15) is 0 Å². The highest BCUT2D eigenvalue weighted by atomic mass is 16.5. The number of carbonyl (C=O) groups is 2. The van der Waals surface area contributed by atoms with Crippen molar-refractivity contribution in [1.29, 1.82) is 0 Å². The van der Waals surface area contributed by atoms with E-state index in [1.807, 2.05) is 13.8 Å². The molecule has 0 aromatic carbocycles. The number of esters is 1. The highest BCUT2D eigenvalue weighted by Crippen LogP contribution is 2.05. The Balaban J connectivity index is 4.29. The minimum Gasteiger partial charge on any atom is -0.459 e. The van der Waals surface area contributed by atoms with Gasteiger partial charge in [0.15, 0.2) is 0 Å². The minimum atomic E-state index is -0.743. The molecule has 0 heterocycles. The van der Waals surface area contributed by atoms with E-state index < -0.39 is 11.9 Å². The highest BCUT2D eigenvalue weighted by molar-refractivity contribution is 6.32. The van der Waals surface area contributed by atoms with E-state index in [0.717, 1.165) is 19.3 Å². The van der Waals surface area contributed by atoms with Crippen molar-refractivity contribution < 1.29 is 14.3 Å². The normalized spacial score (nSPS) is 10.3. The maximum atomic E-state index is 11.7. The van der Waals surface area contributed by atoms with Crippen LogP contribution in [0.25, 0.3) is 0 Å². The first-order valence-electron chi connectivity index (χ1n) is 6.02. The van der Waals surface area contributed by atoms with E-state index in [4.69, 9.17) is 4.74 Å². The monoisotopic (exact) mass is 229 g/mol. The summed E-state index contributed by atoms with van der Waals surface area (Å²) < 4.78 is 4.71. The first kappa shape index (κ1) is 14.9. The molecular formula is C12H23NO3. The molecule has 0 saturated heterocycles. The fourth-order valence-electron chi connectivity index (χ4n) is 1.44. The summed E-state index contributed by atoms with van der Waals surface area (Å²) in [6.07, 6.45) is 3.10. The standard InChI is InChI=1S/C12H23NO3/c1-5-7-8-9-13(10(3)4)11(14)12(15)16-6-2/h10H,5-9H2,1-4H3. The molecule has 0 atom stereocenters. The third-order valence-corrected chi connectivity index (χ3v) is 2.34. The summed E-state index contributed by atoms with van der Waals surface area (Å²) in [6.45, 7) is 8.48. The molecule has 0 unspecified atom stereocenters. The Morgan fingerprint density at radius 2 is 1.81 bits per heavy atom. The van der Waals surface area contributed by atoms with Crippen LogP contribution in [0.3, 0.4) is 0 Å². The zero-order valence-corrected chi connectivity index (χ0v) is 10.8. The molecule has 0 rings (SSSR count). The van der Waals surface area contributed by atoms with E-state index in [0.29, 0.717) is 6.54 Å². The van der Waals surface area contributed by atoms with E-state index >= 15 is 0 Å². The van der Waals surface area contributed by atoms with Crippen molar-refractivity contribution in [2.24, 2.45) is 0 Å². The Hall–Kier alpha value is -1.06. The van der Waals surface area contributed by atoms with Crippen LogP contribution in [-0.2, 0) is 14.3 Å². The van der Waals surface area contributed by atoms with E-state index in [2.05, 4.69) is 6.92 Å². The molecular weight excluding hydrogens is 206 g/mol. The number of carbonyl (C=O) groups excluding carboxylic acids is 2. The molecule has 0 radical (unpaired) electrons. The van der Waals surface area contributed by atoms with Crippen LogP contribution >= 0.6 is 0 Å². The molecule has 4 nitrogen and oxygen atoms in total. The van der Waals surface area contributed by atoms with Gasteiger partial charge in [-0.2, -0.15) is 0 Å². The predicted molar refractivity (Wildman–Crippen MR) is 63.0 cm³/mol. The fraction of sp³-hybridized carbons (Fsp3) is 0.833. The molecule has 0 aliphatic carbocycles. The van der Waals surface area contributed by atoms with Crippen LogP contribution in [0.4, 0.5) is 0 Å². The number of unbranched alkanes of at least 4 members (excludes halogenated alkanes) is 2. The zero-order chi connectivity index (χ0) is 12.6. The van der Waals surface area contributed by atoms with Gasteiger partial charge < -0.3 is 9.64 Å². The Morgan fingerprint density at radius 1 is 1.19 bits per heavy atom. The predicted octanol–water partition coefficient (Wildman–Crippen LogP) is 1.98. The van der Waals surface area contributed by atoms with E-state index in [1.165, 1.54) is 0 Å². The molecule has 16 heavy (non-hydrogen) atoms. The van der Waals surface area contributed by atoms with Gasteiger partial charge in [0.05, 0.1) is 6.61 Å². The SMILES string of the molecule is CCCCCN(C(=O)C(=O)OCC)C(C)C. The topological polar surface area (TPSA) is 46.6 Å². The van der Waals surface area contributed by atoms with Crippen LogP contribution in [-0.4, -0.2) is 36.0 Å². The van der Waals surface area contributed by atoms with Gasteiger partial charge in [-0.3, -0.25) is 4.79 Å². The van der Waals surface area contributed by atoms with Crippen LogP contribution in [0.1, 0.15) is 47.0 Å². The van der Waals surface area contributed by atoms with Gasteiger partial charge in [0.2, 0.25) is 0 Å². The first-order chi connectivity index (χ1) is 7.54. The average Bonchev–Trinajstić information content (AvgIpc) is 2.23. The number of ether oxygens (including phenoxy) is 1. The lowest BCUT2D eigenvalue weighted by molar-refractivity contribution is -0.160. The number of hydrogen-bond donors (Lipinski definition) is 0.